The summed E-state index contributed by atoms with van der Waals surface area (Å²) >= 11 is 0. The Kier molecular flexibility index (Phi) is 8.46. The van der Waals surface area contributed by atoms with E-state index in [0.717, 1.165) is 42.7 Å². The highest BCUT2D eigenvalue weighted by atomic mass is 16.5. The number of ether oxygens (including phenoxy) is 6. The standard InChI is InChI=1S/C19H19N9O12/c1-35-13(29)7-8(14(30)36-2)23-28(22-7)19(26-11(17(33)39-5)9(20-24-26)15(31)37-3)27-12(18(34)40-6)10(21-25-27)16(32)38-4/h19H,1-6H3. The molecule has 21 nitrogen and oxygen atoms in total. The van der Waals surface area contributed by atoms with Gasteiger partial charge in [-0.05, 0) is 0 Å². The average Bonchev–Trinajstić information content (AvgIpc) is 3.72. The monoisotopic (exact) mass is 565 g/mol. The van der Waals surface area contributed by atoms with Crippen LogP contribution < -0.4 is 0 Å². The summed E-state index contributed by atoms with van der Waals surface area (Å²) < 4.78 is 29.2. The van der Waals surface area contributed by atoms with Crippen molar-refractivity contribution in [2.45, 2.75) is 6.29 Å². The van der Waals surface area contributed by atoms with Gasteiger partial charge in [0.05, 0.1) is 42.7 Å². The average molecular weight is 565 g/mol. The number of esters is 6. The van der Waals surface area contributed by atoms with Crippen LogP contribution in [0.5, 0.6) is 0 Å². The van der Waals surface area contributed by atoms with Gasteiger partial charge in [-0.1, -0.05) is 10.4 Å². The van der Waals surface area contributed by atoms with Crippen molar-refractivity contribution in [1.29, 1.82) is 0 Å². The molecule has 40 heavy (non-hydrogen) atoms. The van der Waals surface area contributed by atoms with E-state index in [9.17, 15) is 28.8 Å². The molecule has 0 aromatic carbocycles. The van der Waals surface area contributed by atoms with Crippen LogP contribution in [0.1, 0.15) is 69.2 Å². The van der Waals surface area contributed by atoms with E-state index in [0.29, 0.717) is 14.2 Å². The van der Waals surface area contributed by atoms with E-state index in [1.807, 2.05) is 0 Å². The molecule has 212 valence electrons. The first kappa shape index (κ1) is 28.8. The van der Waals surface area contributed by atoms with Crippen molar-refractivity contribution in [1.82, 2.24) is 45.0 Å². The van der Waals surface area contributed by atoms with Crippen molar-refractivity contribution in [3.05, 3.63) is 34.2 Å². The quantitative estimate of drug-likeness (QED) is 0.196. The van der Waals surface area contributed by atoms with Gasteiger partial charge in [-0.15, -0.1) is 25.2 Å². The number of hydrogen-bond acceptors (Lipinski definition) is 18. The molecule has 0 unspecified atom stereocenters. The Morgan fingerprint density at radius 1 is 0.500 bits per heavy atom. The van der Waals surface area contributed by atoms with E-state index in [1.54, 1.807) is 0 Å². The summed E-state index contributed by atoms with van der Waals surface area (Å²) in [4.78, 5) is 75.6. The minimum absolute atomic E-state index is 0.545. The van der Waals surface area contributed by atoms with Gasteiger partial charge in [0.15, 0.2) is 11.4 Å². The summed E-state index contributed by atoms with van der Waals surface area (Å²) in [6.45, 7) is 0. The molecule has 0 radical (unpaired) electrons. The molecule has 0 bridgehead atoms. The van der Waals surface area contributed by atoms with Crippen LogP contribution in [0.4, 0.5) is 0 Å². The maximum Gasteiger partial charge on any atom is 0.361 e. The Labute approximate surface area is 221 Å². The summed E-state index contributed by atoms with van der Waals surface area (Å²) in [5.41, 5.74) is -4.08. The molecule has 0 aliphatic heterocycles. The van der Waals surface area contributed by atoms with Gasteiger partial charge in [-0.25, -0.2) is 28.8 Å². The van der Waals surface area contributed by atoms with Gasteiger partial charge < -0.3 is 28.4 Å². The van der Waals surface area contributed by atoms with Crippen LogP contribution in [0.15, 0.2) is 0 Å². The van der Waals surface area contributed by atoms with Gasteiger partial charge in [-0.2, -0.15) is 9.36 Å². The lowest BCUT2D eigenvalue weighted by Gasteiger charge is -2.19. The topological polar surface area (TPSA) is 250 Å². The van der Waals surface area contributed by atoms with Crippen molar-refractivity contribution in [2.75, 3.05) is 42.7 Å². The summed E-state index contributed by atoms with van der Waals surface area (Å²) in [5, 5.41) is 22.6. The lowest BCUT2D eigenvalue weighted by molar-refractivity contribution is 0.0523. The summed E-state index contributed by atoms with van der Waals surface area (Å²) in [6, 6.07) is 0. The largest absolute Gasteiger partial charge is 0.464 e. The smallest absolute Gasteiger partial charge is 0.361 e. The van der Waals surface area contributed by atoms with Gasteiger partial charge in [0.25, 0.3) is 6.29 Å². The van der Waals surface area contributed by atoms with Crippen LogP contribution in [0.2, 0.25) is 0 Å². The van der Waals surface area contributed by atoms with Crippen LogP contribution in [-0.2, 0) is 28.4 Å². The fourth-order valence-corrected chi connectivity index (χ4v) is 3.15. The minimum Gasteiger partial charge on any atom is -0.464 e. The summed E-state index contributed by atoms with van der Waals surface area (Å²) in [6.07, 6.45) is -1.96. The molecule has 0 atom stereocenters. The molecule has 0 saturated heterocycles. The summed E-state index contributed by atoms with van der Waals surface area (Å²) in [7, 11) is 5.91. The first-order valence-electron chi connectivity index (χ1n) is 10.5. The molecular weight excluding hydrogens is 546 g/mol. The molecule has 0 spiro atoms. The fourth-order valence-electron chi connectivity index (χ4n) is 3.15. The van der Waals surface area contributed by atoms with Crippen molar-refractivity contribution in [2.24, 2.45) is 0 Å². The zero-order valence-corrected chi connectivity index (χ0v) is 21.5. The molecular formula is C19H19N9O12. The number of nitrogens with zero attached hydrogens (tertiary/aromatic N) is 9. The van der Waals surface area contributed by atoms with Gasteiger partial charge in [-0.3, -0.25) is 0 Å². The second kappa shape index (κ2) is 11.7. The van der Waals surface area contributed by atoms with E-state index in [-0.39, 0.29) is 0 Å². The highest BCUT2D eigenvalue weighted by Gasteiger charge is 2.39. The SMILES string of the molecule is COC(=O)c1nn(C(n2nnc(C(=O)OC)c2C(=O)OC)n2nnc(C(=O)OC)c2C(=O)OC)nc1C(=O)OC. The molecule has 0 aliphatic rings. The first-order chi connectivity index (χ1) is 19.1. The fraction of sp³-hybridized carbons (Fsp3) is 0.368. The predicted molar refractivity (Wildman–Crippen MR) is 118 cm³/mol. The second-order valence-electron chi connectivity index (χ2n) is 6.98. The number of carbonyl (C=O) groups is 6. The van der Waals surface area contributed by atoms with Crippen molar-refractivity contribution in [3.63, 3.8) is 0 Å². The normalized spacial score (nSPS) is 10.6. The van der Waals surface area contributed by atoms with Crippen molar-refractivity contribution >= 4 is 35.8 Å². The lowest BCUT2D eigenvalue weighted by Crippen LogP contribution is -2.35. The number of methoxy groups -OCH3 is 6. The molecule has 3 aromatic heterocycles. The third-order valence-electron chi connectivity index (χ3n) is 4.93. The van der Waals surface area contributed by atoms with Crippen LogP contribution in [-0.4, -0.2) is 123 Å². The third kappa shape index (κ3) is 4.89. The Hall–Kier alpha value is -5.76. The Balaban J connectivity index is 2.49. The molecule has 3 aromatic rings. The van der Waals surface area contributed by atoms with E-state index >= 15 is 0 Å². The van der Waals surface area contributed by atoms with E-state index < -0.39 is 76.3 Å². The first-order valence-corrected chi connectivity index (χ1v) is 10.5. The van der Waals surface area contributed by atoms with Crippen molar-refractivity contribution in [3.8, 4) is 0 Å². The number of hydrogen-bond donors (Lipinski definition) is 0. The van der Waals surface area contributed by atoms with Gasteiger partial charge in [0, 0.05) is 0 Å². The van der Waals surface area contributed by atoms with Crippen molar-refractivity contribution < 1.29 is 57.2 Å². The zero-order chi connectivity index (χ0) is 29.7. The molecule has 0 N–H and O–H groups in total. The van der Waals surface area contributed by atoms with Crippen LogP contribution in [0.25, 0.3) is 0 Å². The van der Waals surface area contributed by atoms with E-state index in [2.05, 4.69) is 49.8 Å². The Morgan fingerprint density at radius 2 is 0.800 bits per heavy atom. The number of aromatic nitrogens is 9. The zero-order valence-electron chi connectivity index (χ0n) is 21.5. The molecule has 0 saturated carbocycles. The van der Waals surface area contributed by atoms with E-state index in [4.69, 9.17) is 9.47 Å². The van der Waals surface area contributed by atoms with Crippen LogP contribution >= 0.6 is 0 Å². The third-order valence-corrected chi connectivity index (χ3v) is 4.93. The number of rotatable bonds is 9. The Morgan fingerprint density at radius 3 is 1.10 bits per heavy atom. The van der Waals surface area contributed by atoms with E-state index in [1.165, 1.54) is 0 Å². The molecule has 0 amide bonds. The lowest BCUT2D eigenvalue weighted by atomic mass is 10.3. The number of carbonyl (C=O) groups excluding carboxylic acids is 6. The minimum atomic E-state index is -1.96. The summed E-state index contributed by atoms with van der Waals surface area (Å²) in [5.74, 6) is -6.95. The molecule has 0 aliphatic carbocycles. The highest BCUT2D eigenvalue weighted by Crippen LogP contribution is 2.22. The predicted octanol–water partition coefficient (Wildman–Crippen LogP) is -2.27. The molecule has 3 rings (SSSR count). The molecule has 3 heterocycles. The van der Waals surface area contributed by atoms with Gasteiger partial charge in [0.1, 0.15) is 0 Å². The van der Waals surface area contributed by atoms with Gasteiger partial charge >= 0.3 is 35.8 Å². The Bertz CT molecular complexity index is 1400. The molecule has 21 heteroatoms. The van der Waals surface area contributed by atoms with Gasteiger partial charge in [0.2, 0.25) is 22.8 Å². The second-order valence-corrected chi connectivity index (χ2v) is 6.98. The maximum atomic E-state index is 12.8. The maximum absolute atomic E-state index is 12.8. The highest BCUT2D eigenvalue weighted by molar-refractivity contribution is 6.02. The van der Waals surface area contributed by atoms with Crippen LogP contribution in [0.3, 0.4) is 0 Å². The molecule has 0 fully saturated rings. The van der Waals surface area contributed by atoms with Crippen LogP contribution in [0, 0.1) is 0 Å².